The molecule has 0 saturated carbocycles. The Morgan fingerprint density at radius 3 is 2.36 bits per heavy atom. The summed E-state index contributed by atoms with van der Waals surface area (Å²) in [6.07, 6.45) is 1.55. The fraction of sp³-hybridized carbons (Fsp3) is 0.190. The van der Waals surface area contributed by atoms with Crippen LogP contribution in [-0.4, -0.2) is 25.5 Å². The molecule has 0 saturated heterocycles. The first-order valence-corrected chi connectivity index (χ1v) is 8.36. The van der Waals surface area contributed by atoms with Crippen molar-refractivity contribution in [3.8, 4) is 11.1 Å². The van der Waals surface area contributed by atoms with Gasteiger partial charge in [-0.25, -0.2) is 0 Å². The molecule has 1 amide bonds. The van der Waals surface area contributed by atoms with E-state index in [2.05, 4.69) is 29.3 Å². The van der Waals surface area contributed by atoms with Crippen LogP contribution in [0.3, 0.4) is 0 Å². The molecule has 1 N–H and O–H groups in total. The van der Waals surface area contributed by atoms with Crippen molar-refractivity contribution in [2.24, 2.45) is 0 Å². The highest BCUT2D eigenvalue weighted by Gasteiger charge is 2.18. The van der Waals surface area contributed by atoms with Crippen molar-refractivity contribution in [2.45, 2.75) is 13.0 Å². The molecule has 4 heteroatoms. The molecule has 0 spiro atoms. The molecule has 0 aliphatic carbocycles. The second-order valence-electron chi connectivity index (χ2n) is 6.03. The van der Waals surface area contributed by atoms with Crippen LogP contribution in [0.5, 0.6) is 0 Å². The number of carbonyl (C=O) groups is 1. The molecule has 1 aromatic heterocycles. The Kier molecular flexibility index (Phi) is 5.19. The van der Waals surface area contributed by atoms with Gasteiger partial charge in [0.15, 0.2) is 5.76 Å². The second-order valence-corrected chi connectivity index (χ2v) is 6.03. The van der Waals surface area contributed by atoms with Crippen molar-refractivity contribution in [3.63, 3.8) is 0 Å². The van der Waals surface area contributed by atoms with Gasteiger partial charge in [0.25, 0.3) is 5.91 Å². The number of para-hydroxylation sites is 1. The Balaban J connectivity index is 1.65. The van der Waals surface area contributed by atoms with Crippen LogP contribution in [-0.2, 0) is 0 Å². The molecule has 0 radical (unpaired) electrons. The maximum Gasteiger partial charge on any atom is 0.287 e. The van der Waals surface area contributed by atoms with E-state index in [-0.39, 0.29) is 11.9 Å². The zero-order chi connectivity index (χ0) is 17.6. The predicted octanol–water partition coefficient (Wildman–Crippen LogP) is 4.20. The lowest BCUT2D eigenvalue weighted by atomic mass is 10.1. The second kappa shape index (κ2) is 7.71. The van der Waals surface area contributed by atoms with Crippen LogP contribution in [0, 0.1) is 0 Å². The average molecular weight is 334 g/mol. The quantitative estimate of drug-likeness (QED) is 0.735. The lowest BCUT2D eigenvalue weighted by Gasteiger charge is -2.27. The number of likely N-dealkylation sites (N-methyl/N-ethyl adjacent to an activating group) is 1. The Labute approximate surface area is 148 Å². The normalized spacial score (nSPS) is 11.8. The standard InChI is InChI=1S/C21H22N2O2/c1-16(23(2)18-11-7-4-8-12-18)15-22-21(24)20-19(13-14-25-20)17-9-5-3-6-10-17/h3-14,16H,15H2,1-2H3,(H,22,24)/t16-/m1/s1. The van der Waals surface area contributed by atoms with Gasteiger partial charge in [0.2, 0.25) is 0 Å². The van der Waals surface area contributed by atoms with Gasteiger partial charge in [-0.05, 0) is 30.7 Å². The topological polar surface area (TPSA) is 45.5 Å². The molecular weight excluding hydrogens is 312 g/mol. The number of amides is 1. The number of carbonyl (C=O) groups excluding carboxylic acids is 1. The molecule has 1 heterocycles. The molecule has 0 aliphatic heterocycles. The van der Waals surface area contributed by atoms with Gasteiger partial charge < -0.3 is 14.6 Å². The summed E-state index contributed by atoms with van der Waals surface area (Å²) in [4.78, 5) is 14.7. The van der Waals surface area contributed by atoms with E-state index in [1.807, 2.05) is 61.6 Å². The summed E-state index contributed by atoms with van der Waals surface area (Å²) in [6, 6.07) is 21.9. The van der Waals surface area contributed by atoms with Gasteiger partial charge in [-0.1, -0.05) is 48.5 Å². The van der Waals surface area contributed by atoms with Crippen LogP contribution in [0.25, 0.3) is 11.1 Å². The van der Waals surface area contributed by atoms with Gasteiger partial charge in [0, 0.05) is 30.9 Å². The number of anilines is 1. The molecule has 25 heavy (non-hydrogen) atoms. The van der Waals surface area contributed by atoms with Gasteiger partial charge in [0.05, 0.1) is 6.26 Å². The van der Waals surface area contributed by atoms with Crippen molar-refractivity contribution in [1.29, 1.82) is 0 Å². The maximum absolute atomic E-state index is 12.5. The predicted molar refractivity (Wildman–Crippen MR) is 101 cm³/mol. The third-order valence-corrected chi connectivity index (χ3v) is 4.34. The summed E-state index contributed by atoms with van der Waals surface area (Å²) in [5.41, 5.74) is 2.89. The van der Waals surface area contributed by atoms with Crippen molar-refractivity contribution < 1.29 is 9.21 Å². The van der Waals surface area contributed by atoms with Crippen LogP contribution >= 0.6 is 0 Å². The number of benzene rings is 2. The van der Waals surface area contributed by atoms with Crippen molar-refractivity contribution in [3.05, 3.63) is 78.8 Å². The lowest BCUT2D eigenvalue weighted by molar-refractivity contribution is 0.0925. The van der Waals surface area contributed by atoms with Crippen molar-refractivity contribution in [1.82, 2.24) is 5.32 Å². The Hall–Kier alpha value is -3.01. The first kappa shape index (κ1) is 16.8. The van der Waals surface area contributed by atoms with Crippen LogP contribution in [0.1, 0.15) is 17.5 Å². The summed E-state index contributed by atoms with van der Waals surface area (Å²) in [6.45, 7) is 2.60. The molecule has 0 fully saturated rings. The third kappa shape index (κ3) is 3.91. The van der Waals surface area contributed by atoms with E-state index in [4.69, 9.17) is 4.42 Å². The zero-order valence-corrected chi connectivity index (χ0v) is 14.5. The minimum absolute atomic E-state index is 0.154. The summed E-state index contributed by atoms with van der Waals surface area (Å²) in [5, 5.41) is 2.97. The largest absolute Gasteiger partial charge is 0.459 e. The molecule has 3 rings (SSSR count). The monoisotopic (exact) mass is 334 g/mol. The third-order valence-electron chi connectivity index (χ3n) is 4.34. The number of hydrogen-bond acceptors (Lipinski definition) is 3. The highest BCUT2D eigenvalue weighted by molar-refractivity contribution is 5.98. The summed E-state index contributed by atoms with van der Waals surface area (Å²) in [7, 11) is 2.02. The summed E-state index contributed by atoms with van der Waals surface area (Å²) < 4.78 is 5.43. The highest BCUT2D eigenvalue weighted by Crippen LogP contribution is 2.24. The number of rotatable bonds is 6. The van der Waals surface area contributed by atoms with E-state index in [9.17, 15) is 4.79 Å². The van der Waals surface area contributed by atoms with Gasteiger partial charge in [0.1, 0.15) is 0 Å². The molecule has 1 atom stereocenters. The first-order valence-electron chi connectivity index (χ1n) is 8.36. The van der Waals surface area contributed by atoms with Gasteiger partial charge in [-0.3, -0.25) is 4.79 Å². The molecule has 2 aromatic carbocycles. The maximum atomic E-state index is 12.5. The fourth-order valence-corrected chi connectivity index (χ4v) is 2.71. The van der Waals surface area contributed by atoms with Gasteiger partial charge in [-0.15, -0.1) is 0 Å². The lowest BCUT2D eigenvalue weighted by Crippen LogP contribution is -2.40. The van der Waals surface area contributed by atoms with Gasteiger partial charge in [-0.2, -0.15) is 0 Å². The van der Waals surface area contributed by atoms with E-state index >= 15 is 0 Å². The van der Waals surface area contributed by atoms with E-state index in [0.717, 1.165) is 16.8 Å². The number of hydrogen-bond donors (Lipinski definition) is 1. The summed E-state index contributed by atoms with van der Waals surface area (Å²) in [5.74, 6) is 0.151. The minimum atomic E-state index is -0.197. The van der Waals surface area contributed by atoms with Crippen molar-refractivity contribution >= 4 is 11.6 Å². The Morgan fingerprint density at radius 2 is 1.68 bits per heavy atom. The van der Waals surface area contributed by atoms with Crippen LogP contribution in [0.4, 0.5) is 5.69 Å². The molecule has 3 aromatic rings. The minimum Gasteiger partial charge on any atom is -0.459 e. The summed E-state index contributed by atoms with van der Waals surface area (Å²) >= 11 is 0. The Morgan fingerprint density at radius 1 is 1.04 bits per heavy atom. The molecule has 4 nitrogen and oxygen atoms in total. The average Bonchev–Trinajstić information content (AvgIpc) is 3.16. The Bertz CT molecular complexity index is 812. The number of nitrogens with one attached hydrogen (secondary N) is 1. The van der Waals surface area contributed by atoms with Gasteiger partial charge >= 0.3 is 0 Å². The highest BCUT2D eigenvalue weighted by atomic mass is 16.3. The van der Waals surface area contributed by atoms with Crippen LogP contribution in [0.15, 0.2) is 77.4 Å². The molecule has 128 valence electrons. The van der Waals surface area contributed by atoms with E-state index < -0.39 is 0 Å². The zero-order valence-electron chi connectivity index (χ0n) is 14.5. The van der Waals surface area contributed by atoms with E-state index in [0.29, 0.717) is 12.3 Å². The number of furan rings is 1. The molecule has 0 bridgehead atoms. The molecule has 0 unspecified atom stereocenters. The SMILES string of the molecule is C[C@H](CNC(=O)c1occc1-c1ccccc1)N(C)c1ccccc1. The fourth-order valence-electron chi connectivity index (χ4n) is 2.71. The van der Waals surface area contributed by atoms with E-state index in [1.54, 1.807) is 6.26 Å². The van der Waals surface area contributed by atoms with E-state index in [1.165, 1.54) is 0 Å². The smallest absolute Gasteiger partial charge is 0.287 e. The van der Waals surface area contributed by atoms with Crippen LogP contribution < -0.4 is 10.2 Å². The first-order chi connectivity index (χ1) is 12.2. The molecule has 0 aliphatic rings. The van der Waals surface area contributed by atoms with Crippen LogP contribution in [0.2, 0.25) is 0 Å². The molecular formula is C21H22N2O2. The van der Waals surface area contributed by atoms with Crippen molar-refractivity contribution in [2.75, 3.05) is 18.5 Å². The number of nitrogens with zero attached hydrogens (tertiary/aromatic N) is 1.